The number of ether oxygens (including phenoxy) is 1. The van der Waals surface area contributed by atoms with Gasteiger partial charge in [-0.2, -0.15) is 0 Å². The fourth-order valence-electron chi connectivity index (χ4n) is 3.11. The highest BCUT2D eigenvalue weighted by atomic mass is 16.5. The highest BCUT2D eigenvalue weighted by molar-refractivity contribution is 5.24. The number of aromatic nitrogens is 2. The molecular weight excluding hydrogens is 320 g/mol. The Morgan fingerprint density at radius 1 is 0.731 bits per heavy atom. The summed E-state index contributed by atoms with van der Waals surface area (Å²) >= 11 is 0. The number of methoxy groups -OCH3 is 1. The van der Waals surface area contributed by atoms with Gasteiger partial charge in [0, 0.05) is 37.9 Å². The topological polar surface area (TPSA) is 19.1 Å². The van der Waals surface area contributed by atoms with Crippen LogP contribution in [0.4, 0.5) is 0 Å². The van der Waals surface area contributed by atoms with E-state index in [2.05, 4.69) is 96.1 Å². The lowest BCUT2D eigenvalue weighted by Gasteiger charge is -2.09. The Hall–Kier alpha value is -1.48. The molecule has 148 valence electrons. The second kappa shape index (κ2) is 10.0. The zero-order valence-electron chi connectivity index (χ0n) is 18.6. The molecular formula is C23H40N2O. The Kier molecular flexibility index (Phi) is 8.69. The second-order valence-corrected chi connectivity index (χ2v) is 8.51. The highest BCUT2D eigenvalue weighted by Gasteiger charge is 2.11. The summed E-state index contributed by atoms with van der Waals surface area (Å²) in [5.41, 5.74) is 5.63. The summed E-state index contributed by atoms with van der Waals surface area (Å²) < 4.78 is 9.61. The minimum atomic E-state index is 0.553. The van der Waals surface area contributed by atoms with Crippen molar-refractivity contribution in [3.63, 3.8) is 0 Å². The molecule has 2 heterocycles. The number of aryl methyl sites for hydroxylation is 1. The maximum absolute atomic E-state index is 5.17. The molecule has 0 N–H and O–H groups in total. The molecule has 0 aromatic carbocycles. The van der Waals surface area contributed by atoms with Crippen molar-refractivity contribution in [2.24, 2.45) is 7.05 Å². The first-order chi connectivity index (χ1) is 12.1. The van der Waals surface area contributed by atoms with Crippen molar-refractivity contribution in [2.75, 3.05) is 7.11 Å². The van der Waals surface area contributed by atoms with Crippen molar-refractivity contribution in [3.8, 4) is 0 Å². The van der Waals surface area contributed by atoms with E-state index in [1.807, 2.05) is 0 Å². The van der Waals surface area contributed by atoms with Crippen LogP contribution in [0, 0.1) is 0 Å². The van der Waals surface area contributed by atoms with E-state index in [0.717, 1.165) is 0 Å². The van der Waals surface area contributed by atoms with Crippen LogP contribution in [-0.2, 0) is 18.5 Å². The van der Waals surface area contributed by atoms with E-state index in [0.29, 0.717) is 30.4 Å². The average molecular weight is 361 g/mol. The van der Waals surface area contributed by atoms with E-state index in [9.17, 15) is 0 Å². The van der Waals surface area contributed by atoms with E-state index in [1.54, 1.807) is 7.11 Å². The van der Waals surface area contributed by atoms with Crippen LogP contribution in [-0.4, -0.2) is 16.2 Å². The second-order valence-electron chi connectivity index (χ2n) is 8.51. The highest BCUT2D eigenvalue weighted by Crippen LogP contribution is 2.23. The molecule has 2 aromatic rings. The van der Waals surface area contributed by atoms with Gasteiger partial charge in [-0.05, 0) is 46.9 Å². The molecule has 0 saturated carbocycles. The van der Waals surface area contributed by atoms with E-state index < -0.39 is 0 Å². The van der Waals surface area contributed by atoms with Crippen LogP contribution in [0.3, 0.4) is 0 Å². The van der Waals surface area contributed by atoms with Crippen molar-refractivity contribution in [1.82, 2.24) is 9.13 Å². The first-order valence-corrected chi connectivity index (χ1v) is 9.93. The molecule has 0 fully saturated rings. The lowest BCUT2D eigenvalue weighted by atomic mass is 10.1. The predicted octanol–water partition coefficient (Wildman–Crippen LogP) is 6.61. The molecule has 0 aliphatic carbocycles. The van der Waals surface area contributed by atoms with Gasteiger partial charge in [0.15, 0.2) is 0 Å². The van der Waals surface area contributed by atoms with Crippen molar-refractivity contribution in [3.05, 3.63) is 47.0 Å². The molecule has 0 atom stereocenters. The fraction of sp³-hybridized carbons (Fsp3) is 0.652. The Morgan fingerprint density at radius 3 is 1.54 bits per heavy atom. The summed E-state index contributed by atoms with van der Waals surface area (Å²) in [5.74, 6) is 2.41. The lowest BCUT2D eigenvalue weighted by molar-refractivity contribution is 0.128. The molecule has 0 bridgehead atoms. The van der Waals surface area contributed by atoms with E-state index >= 15 is 0 Å². The van der Waals surface area contributed by atoms with Crippen molar-refractivity contribution in [2.45, 2.75) is 85.8 Å². The summed E-state index contributed by atoms with van der Waals surface area (Å²) in [6.07, 6.45) is 4.43. The van der Waals surface area contributed by atoms with Gasteiger partial charge in [-0.15, -0.1) is 0 Å². The normalized spacial score (nSPS) is 11.6. The molecule has 0 amide bonds. The minimum absolute atomic E-state index is 0.553. The Bertz CT molecular complexity index is 660. The Morgan fingerprint density at radius 2 is 1.19 bits per heavy atom. The maximum atomic E-state index is 5.17. The molecule has 0 unspecified atom stereocenters. The quantitative estimate of drug-likeness (QED) is 0.567. The zero-order chi connectivity index (χ0) is 20.0. The van der Waals surface area contributed by atoms with Gasteiger partial charge in [0.2, 0.25) is 0 Å². The molecule has 3 heteroatoms. The van der Waals surface area contributed by atoms with Gasteiger partial charge in [0.1, 0.15) is 6.73 Å². The SMILES string of the molecule is CC(C)c1cc(C(C)C)n(C)c1.COCn1cc(C(C)C)cc1C(C)C. The number of hydrogen-bond acceptors (Lipinski definition) is 1. The van der Waals surface area contributed by atoms with Gasteiger partial charge in [-0.3, -0.25) is 0 Å². The van der Waals surface area contributed by atoms with Crippen LogP contribution >= 0.6 is 0 Å². The number of hydrogen-bond donors (Lipinski definition) is 0. The van der Waals surface area contributed by atoms with Crippen LogP contribution in [0.15, 0.2) is 24.5 Å². The predicted molar refractivity (Wildman–Crippen MR) is 113 cm³/mol. The van der Waals surface area contributed by atoms with Crippen molar-refractivity contribution >= 4 is 0 Å². The van der Waals surface area contributed by atoms with Crippen LogP contribution in [0.5, 0.6) is 0 Å². The van der Waals surface area contributed by atoms with E-state index in [1.165, 1.54) is 22.5 Å². The smallest absolute Gasteiger partial charge is 0.122 e. The van der Waals surface area contributed by atoms with Gasteiger partial charge in [0.25, 0.3) is 0 Å². The lowest BCUT2D eigenvalue weighted by Crippen LogP contribution is -2.04. The van der Waals surface area contributed by atoms with Gasteiger partial charge in [-0.1, -0.05) is 55.4 Å². The molecule has 0 saturated heterocycles. The van der Waals surface area contributed by atoms with Crippen molar-refractivity contribution < 1.29 is 4.74 Å². The summed E-state index contributed by atoms with van der Waals surface area (Å²) in [5, 5.41) is 0. The van der Waals surface area contributed by atoms with Gasteiger partial charge >= 0.3 is 0 Å². The van der Waals surface area contributed by atoms with Crippen molar-refractivity contribution in [1.29, 1.82) is 0 Å². The number of nitrogens with zero attached hydrogens (tertiary/aromatic N) is 2. The van der Waals surface area contributed by atoms with Crippen LogP contribution < -0.4 is 0 Å². The molecule has 0 aliphatic heterocycles. The standard InChI is InChI=1S/C12H21NO.C11H19N/c1-9(2)11-6-12(10(3)4)13(7-11)8-14-5;1-8(2)10-6-11(9(3)4)12(5)7-10/h6-7,9-10H,8H2,1-5H3;6-9H,1-5H3. The molecule has 0 spiro atoms. The third-order valence-corrected chi connectivity index (χ3v) is 4.80. The molecule has 3 nitrogen and oxygen atoms in total. The maximum Gasteiger partial charge on any atom is 0.122 e. The first kappa shape index (κ1) is 22.6. The van der Waals surface area contributed by atoms with Crippen LogP contribution in [0.25, 0.3) is 0 Å². The molecule has 0 aliphatic rings. The Balaban J connectivity index is 0.000000263. The van der Waals surface area contributed by atoms with Crippen LogP contribution in [0.1, 0.15) is 102 Å². The Labute approximate surface area is 161 Å². The first-order valence-electron chi connectivity index (χ1n) is 9.93. The summed E-state index contributed by atoms with van der Waals surface area (Å²) in [6, 6.07) is 4.60. The minimum Gasteiger partial charge on any atom is -0.364 e. The third kappa shape index (κ3) is 6.05. The summed E-state index contributed by atoms with van der Waals surface area (Å²) in [4.78, 5) is 0. The van der Waals surface area contributed by atoms with E-state index in [-0.39, 0.29) is 0 Å². The van der Waals surface area contributed by atoms with Gasteiger partial charge < -0.3 is 13.9 Å². The van der Waals surface area contributed by atoms with E-state index in [4.69, 9.17) is 4.74 Å². The summed E-state index contributed by atoms with van der Waals surface area (Å²) in [6.45, 7) is 18.5. The monoisotopic (exact) mass is 360 g/mol. The molecule has 2 rings (SSSR count). The third-order valence-electron chi connectivity index (χ3n) is 4.80. The summed E-state index contributed by atoms with van der Waals surface area (Å²) in [7, 11) is 3.86. The fourth-order valence-corrected chi connectivity index (χ4v) is 3.11. The van der Waals surface area contributed by atoms with Crippen LogP contribution in [0.2, 0.25) is 0 Å². The number of rotatable bonds is 6. The zero-order valence-corrected chi connectivity index (χ0v) is 18.6. The molecule has 26 heavy (non-hydrogen) atoms. The average Bonchev–Trinajstić information content (AvgIpc) is 3.12. The van der Waals surface area contributed by atoms with Gasteiger partial charge in [-0.25, -0.2) is 0 Å². The van der Waals surface area contributed by atoms with Gasteiger partial charge in [0.05, 0.1) is 0 Å². The largest absolute Gasteiger partial charge is 0.364 e. The molecule has 2 aromatic heterocycles. The molecule has 0 radical (unpaired) electrons.